The zero-order chi connectivity index (χ0) is 24.8. The Morgan fingerprint density at radius 2 is 1.85 bits per heavy atom. The number of methoxy groups -OCH3 is 1. The lowest BCUT2D eigenvalue weighted by molar-refractivity contribution is -0.424. The summed E-state index contributed by atoms with van der Waals surface area (Å²) in [5.74, 6) is -0.886. The number of hydrogen-bond acceptors (Lipinski definition) is 8. The minimum Gasteiger partial charge on any atom is -0.468 e. The molecule has 0 spiro atoms. The van der Waals surface area contributed by atoms with Gasteiger partial charge in [-0.25, -0.2) is 8.42 Å². The van der Waals surface area contributed by atoms with Gasteiger partial charge < -0.3 is 9.72 Å². The van der Waals surface area contributed by atoms with E-state index in [0.717, 1.165) is 40.5 Å². The standard InChI is InChI=1S/C21H18N4O8S/c1-12-11-23(34(31,32)18-9-5-8-16(24(27)28)20(18)25(29)30)17(21(26)33-2)10-14-13-6-3-4-7-15(13)22-19(12)14/h3-9,17,22H,1,10-11H2,2H3/t17-/m0/s1. The first kappa shape index (κ1) is 23.1. The van der Waals surface area contributed by atoms with Crippen molar-refractivity contribution in [3.63, 3.8) is 0 Å². The number of aromatic amines is 1. The largest absolute Gasteiger partial charge is 0.468 e. The maximum atomic E-state index is 13.7. The lowest BCUT2D eigenvalue weighted by Gasteiger charge is -2.27. The summed E-state index contributed by atoms with van der Waals surface area (Å²) in [7, 11) is -3.70. The van der Waals surface area contributed by atoms with Crippen LogP contribution < -0.4 is 0 Å². The fourth-order valence-electron chi connectivity index (χ4n) is 4.15. The lowest BCUT2D eigenvalue weighted by Crippen LogP contribution is -2.46. The van der Waals surface area contributed by atoms with Crippen molar-refractivity contribution in [2.45, 2.75) is 17.4 Å². The van der Waals surface area contributed by atoms with Gasteiger partial charge in [-0.3, -0.25) is 25.0 Å². The molecule has 13 heteroatoms. The van der Waals surface area contributed by atoms with E-state index in [9.17, 15) is 33.4 Å². The van der Waals surface area contributed by atoms with E-state index >= 15 is 0 Å². The molecular formula is C21H18N4O8S. The molecule has 1 atom stereocenters. The molecule has 176 valence electrons. The number of para-hydroxylation sites is 2. The number of esters is 1. The third-order valence-electron chi connectivity index (χ3n) is 5.68. The molecule has 2 heterocycles. The lowest BCUT2D eigenvalue weighted by atomic mass is 10.0. The number of fused-ring (bicyclic) bond motifs is 3. The van der Waals surface area contributed by atoms with Crippen molar-refractivity contribution in [2.24, 2.45) is 0 Å². The van der Waals surface area contributed by atoms with Gasteiger partial charge in [-0.2, -0.15) is 4.31 Å². The van der Waals surface area contributed by atoms with Gasteiger partial charge in [0.2, 0.25) is 0 Å². The summed E-state index contributed by atoms with van der Waals surface area (Å²) in [4.78, 5) is 35.9. The van der Waals surface area contributed by atoms with Gasteiger partial charge in [0.05, 0.1) is 17.0 Å². The van der Waals surface area contributed by atoms with Crippen molar-refractivity contribution >= 4 is 43.8 Å². The van der Waals surface area contributed by atoms with Crippen LogP contribution in [0.5, 0.6) is 0 Å². The number of rotatable bonds is 5. The minimum absolute atomic E-state index is 0.104. The first-order chi connectivity index (χ1) is 16.1. The molecule has 34 heavy (non-hydrogen) atoms. The van der Waals surface area contributed by atoms with E-state index in [0.29, 0.717) is 16.8 Å². The Kier molecular flexibility index (Phi) is 5.67. The number of carbonyl (C=O) groups excluding carboxylic acids is 1. The molecule has 1 N–H and O–H groups in total. The Morgan fingerprint density at radius 3 is 2.50 bits per heavy atom. The summed E-state index contributed by atoms with van der Waals surface area (Å²) in [6.07, 6.45) is -0.104. The smallest absolute Gasteiger partial charge is 0.365 e. The number of hydrogen-bond donors (Lipinski definition) is 1. The highest BCUT2D eigenvalue weighted by Gasteiger charge is 2.45. The Balaban J connectivity index is 1.92. The highest BCUT2D eigenvalue weighted by Crippen LogP contribution is 2.39. The Bertz CT molecular complexity index is 1480. The number of ether oxygens (including phenoxy) is 1. The van der Waals surface area contributed by atoms with Crippen LogP contribution in [0.3, 0.4) is 0 Å². The van der Waals surface area contributed by atoms with Crippen LogP contribution in [0.15, 0.2) is 53.9 Å². The van der Waals surface area contributed by atoms with E-state index in [-0.39, 0.29) is 6.42 Å². The molecule has 0 aliphatic carbocycles. The molecule has 0 fully saturated rings. The van der Waals surface area contributed by atoms with E-state index in [4.69, 9.17) is 4.74 Å². The number of benzene rings is 2. The normalized spacial score (nSPS) is 16.6. The molecule has 2 aromatic carbocycles. The molecule has 0 radical (unpaired) electrons. The van der Waals surface area contributed by atoms with Gasteiger partial charge in [0.1, 0.15) is 6.04 Å². The van der Waals surface area contributed by atoms with E-state index in [1.54, 1.807) is 6.07 Å². The average molecular weight is 486 g/mol. The topological polar surface area (TPSA) is 166 Å². The molecule has 1 aliphatic heterocycles. The molecule has 12 nitrogen and oxygen atoms in total. The monoisotopic (exact) mass is 486 g/mol. The molecule has 1 aliphatic rings. The quantitative estimate of drug-likeness (QED) is 0.326. The first-order valence-electron chi connectivity index (χ1n) is 9.87. The van der Waals surface area contributed by atoms with Crippen LogP contribution in [-0.4, -0.2) is 53.2 Å². The molecular weight excluding hydrogens is 468 g/mol. The van der Waals surface area contributed by atoms with Gasteiger partial charge in [-0.15, -0.1) is 0 Å². The van der Waals surface area contributed by atoms with E-state index < -0.39 is 54.7 Å². The highest BCUT2D eigenvalue weighted by molar-refractivity contribution is 7.89. The van der Waals surface area contributed by atoms with Crippen molar-refractivity contribution in [2.75, 3.05) is 13.7 Å². The van der Waals surface area contributed by atoms with Crippen LogP contribution >= 0.6 is 0 Å². The average Bonchev–Trinajstić information content (AvgIpc) is 3.11. The molecule has 0 saturated carbocycles. The molecule has 3 aromatic rings. The second-order valence-corrected chi connectivity index (χ2v) is 9.42. The number of nitrogens with one attached hydrogen (secondary N) is 1. The SMILES string of the molecule is C=C1CN(S(=O)(=O)c2cccc([N+](=O)[O-])c2[N+](=O)[O-])[C@H](C(=O)OC)Cc2c1[nH]c1ccccc21. The molecule has 0 unspecified atom stereocenters. The van der Waals surface area contributed by atoms with Crippen molar-refractivity contribution < 1.29 is 27.8 Å². The van der Waals surface area contributed by atoms with E-state index in [1.807, 2.05) is 18.2 Å². The fourth-order valence-corrected chi connectivity index (χ4v) is 5.90. The van der Waals surface area contributed by atoms with Crippen LogP contribution in [0.1, 0.15) is 11.3 Å². The summed E-state index contributed by atoms with van der Waals surface area (Å²) in [6.45, 7) is 3.56. The molecule has 0 bridgehead atoms. The Hall–Kier alpha value is -4.10. The summed E-state index contributed by atoms with van der Waals surface area (Å²) in [5, 5.41) is 23.8. The molecule has 1 aromatic heterocycles. The van der Waals surface area contributed by atoms with Gasteiger partial charge in [0.15, 0.2) is 4.90 Å². The Morgan fingerprint density at radius 1 is 1.15 bits per heavy atom. The van der Waals surface area contributed by atoms with Crippen LogP contribution in [0, 0.1) is 20.2 Å². The number of nitro benzene ring substituents is 2. The van der Waals surface area contributed by atoms with Gasteiger partial charge >= 0.3 is 17.3 Å². The summed E-state index contributed by atoms with van der Waals surface area (Å²) in [5.41, 5.74) is 0.0984. The van der Waals surface area contributed by atoms with Gasteiger partial charge in [-0.05, 0) is 23.3 Å². The van der Waals surface area contributed by atoms with Gasteiger partial charge in [-0.1, -0.05) is 30.8 Å². The molecule has 4 rings (SSSR count). The summed E-state index contributed by atoms with van der Waals surface area (Å²) in [6, 6.07) is 8.62. The number of aromatic nitrogens is 1. The van der Waals surface area contributed by atoms with Crippen LogP contribution in [-0.2, 0) is 26.0 Å². The van der Waals surface area contributed by atoms with E-state index in [1.165, 1.54) is 0 Å². The third-order valence-corrected chi connectivity index (χ3v) is 7.56. The molecule has 0 saturated heterocycles. The minimum atomic E-state index is -4.79. The predicted octanol–water partition coefficient (Wildman–Crippen LogP) is 2.79. The Labute approximate surface area is 192 Å². The number of nitro groups is 2. The van der Waals surface area contributed by atoms with Crippen LogP contribution in [0.25, 0.3) is 16.5 Å². The number of sulfonamides is 1. The summed E-state index contributed by atoms with van der Waals surface area (Å²) >= 11 is 0. The zero-order valence-corrected chi connectivity index (χ0v) is 18.6. The molecule has 0 amide bonds. The summed E-state index contributed by atoms with van der Waals surface area (Å²) < 4.78 is 33.0. The third kappa shape index (κ3) is 3.60. The zero-order valence-electron chi connectivity index (χ0n) is 17.8. The van der Waals surface area contributed by atoms with Gasteiger partial charge in [0.25, 0.3) is 10.0 Å². The number of nitrogens with zero attached hydrogens (tertiary/aromatic N) is 3. The van der Waals surface area contributed by atoms with Crippen molar-refractivity contribution in [1.29, 1.82) is 0 Å². The predicted molar refractivity (Wildman–Crippen MR) is 120 cm³/mol. The fraction of sp³-hybridized carbons (Fsp3) is 0.190. The van der Waals surface area contributed by atoms with Gasteiger partial charge in [0, 0.05) is 35.6 Å². The number of carbonyl (C=O) groups is 1. The second-order valence-electron chi connectivity index (χ2n) is 7.56. The second kappa shape index (κ2) is 8.35. The van der Waals surface area contributed by atoms with Crippen LogP contribution in [0.4, 0.5) is 11.4 Å². The highest BCUT2D eigenvalue weighted by atomic mass is 32.2. The van der Waals surface area contributed by atoms with E-state index in [2.05, 4.69) is 11.6 Å². The first-order valence-corrected chi connectivity index (χ1v) is 11.3. The van der Waals surface area contributed by atoms with Crippen LogP contribution in [0.2, 0.25) is 0 Å². The number of H-pyrrole nitrogens is 1. The van der Waals surface area contributed by atoms with Crippen molar-refractivity contribution in [3.05, 3.63) is 80.5 Å². The maximum Gasteiger partial charge on any atom is 0.365 e. The maximum absolute atomic E-state index is 13.7. The van der Waals surface area contributed by atoms with Crippen molar-refractivity contribution in [1.82, 2.24) is 9.29 Å². The van der Waals surface area contributed by atoms with Crippen molar-refractivity contribution in [3.8, 4) is 0 Å².